The van der Waals surface area contributed by atoms with Gasteiger partial charge in [-0.05, 0) is 40.9 Å². The van der Waals surface area contributed by atoms with Gasteiger partial charge in [0.05, 0.1) is 12.6 Å². The minimum absolute atomic E-state index is 0.112. The van der Waals surface area contributed by atoms with Crippen molar-refractivity contribution in [1.29, 1.82) is 0 Å². The fraction of sp³-hybridized carbons (Fsp3) is 0.350. The van der Waals surface area contributed by atoms with Crippen LogP contribution in [0.25, 0.3) is 0 Å². The third kappa shape index (κ3) is 2.78. The van der Waals surface area contributed by atoms with Crippen molar-refractivity contribution >= 4 is 6.03 Å². The Morgan fingerprint density at radius 2 is 1.88 bits per heavy atom. The summed E-state index contributed by atoms with van der Waals surface area (Å²) in [5, 5.41) is 15.3. The molecule has 2 aliphatic carbocycles. The average Bonchev–Trinajstić information content (AvgIpc) is 3.17. The van der Waals surface area contributed by atoms with Crippen molar-refractivity contribution in [1.82, 2.24) is 10.6 Å². The van der Waals surface area contributed by atoms with E-state index >= 15 is 0 Å². The predicted octanol–water partition coefficient (Wildman–Crippen LogP) is 2.61. The minimum Gasteiger partial charge on any atom is -0.394 e. The van der Waals surface area contributed by atoms with Crippen molar-refractivity contribution in [2.75, 3.05) is 13.2 Å². The molecule has 2 aliphatic rings. The lowest BCUT2D eigenvalue weighted by molar-refractivity contribution is 0.216. The second kappa shape index (κ2) is 6.29. The number of aliphatic hydroxyl groups is 1. The highest BCUT2D eigenvalue weighted by Gasteiger charge is 2.54. The second-order valence-electron chi connectivity index (χ2n) is 6.76. The number of benzene rings is 2. The largest absolute Gasteiger partial charge is 0.394 e. The lowest BCUT2D eigenvalue weighted by Gasteiger charge is -2.17. The first-order chi connectivity index (χ1) is 11.8. The molecule has 2 amide bonds. The summed E-state index contributed by atoms with van der Waals surface area (Å²) in [5.41, 5.74) is 3.84. The van der Waals surface area contributed by atoms with Crippen LogP contribution in [0.2, 0.25) is 0 Å². The lowest BCUT2D eigenvalue weighted by Crippen LogP contribution is -2.40. The quantitative estimate of drug-likeness (QED) is 0.792. The zero-order chi connectivity index (χ0) is 16.5. The molecule has 0 saturated heterocycles. The summed E-state index contributed by atoms with van der Waals surface area (Å²) in [6.07, 6.45) is 1.14. The van der Waals surface area contributed by atoms with Crippen molar-refractivity contribution in [3.8, 4) is 0 Å². The van der Waals surface area contributed by atoms with E-state index in [1.54, 1.807) is 0 Å². The van der Waals surface area contributed by atoms with Crippen molar-refractivity contribution in [3.05, 3.63) is 71.3 Å². The van der Waals surface area contributed by atoms with Gasteiger partial charge in [0.15, 0.2) is 0 Å². The van der Waals surface area contributed by atoms with Crippen LogP contribution in [0, 0.1) is 11.8 Å². The Kier molecular flexibility index (Phi) is 3.98. The SMILES string of the molecule is O=C(NCC1C2Cc3ccccc3C12)NC(CO)c1ccccc1. The molecule has 4 unspecified atom stereocenters. The summed E-state index contributed by atoms with van der Waals surface area (Å²) in [6, 6.07) is 17.6. The molecule has 4 atom stereocenters. The second-order valence-corrected chi connectivity index (χ2v) is 6.76. The first-order valence-corrected chi connectivity index (χ1v) is 8.56. The number of fused-ring (bicyclic) bond motifs is 3. The van der Waals surface area contributed by atoms with E-state index in [0.717, 1.165) is 12.0 Å². The van der Waals surface area contributed by atoms with E-state index in [4.69, 9.17) is 0 Å². The van der Waals surface area contributed by atoms with E-state index in [2.05, 4.69) is 34.9 Å². The molecule has 1 fully saturated rings. The molecule has 0 aliphatic heterocycles. The number of nitrogens with one attached hydrogen (secondary N) is 2. The molecular formula is C20H22N2O2. The van der Waals surface area contributed by atoms with Gasteiger partial charge >= 0.3 is 6.03 Å². The number of carbonyl (C=O) groups excluding carboxylic acids is 1. The van der Waals surface area contributed by atoms with E-state index in [-0.39, 0.29) is 18.7 Å². The van der Waals surface area contributed by atoms with Crippen molar-refractivity contribution in [2.24, 2.45) is 11.8 Å². The summed E-state index contributed by atoms with van der Waals surface area (Å²) in [5.74, 6) is 1.85. The number of carbonyl (C=O) groups is 1. The van der Waals surface area contributed by atoms with Gasteiger partial charge in [0, 0.05) is 6.54 Å². The number of hydrogen-bond donors (Lipinski definition) is 3. The van der Waals surface area contributed by atoms with Gasteiger partial charge in [-0.1, -0.05) is 54.6 Å². The number of rotatable bonds is 5. The fourth-order valence-electron chi connectivity index (χ4n) is 4.10. The summed E-state index contributed by atoms with van der Waals surface area (Å²) in [6.45, 7) is 0.585. The molecule has 4 rings (SSSR count). The van der Waals surface area contributed by atoms with Crippen LogP contribution in [-0.2, 0) is 6.42 Å². The van der Waals surface area contributed by atoms with E-state index in [1.165, 1.54) is 11.1 Å². The smallest absolute Gasteiger partial charge is 0.315 e. The summed E-state index contributed by atoms with van der Waals surface area (Å²) >= 11 is 0. The Labute approximate surface area is 141 Å². The van der Waals surface area contributed by atoms with Crippen LogP contribution in [0.1, 0.15) is 28.7 Å². The molecule has 0 spiro atoms. The molecule has 0 heterocycles. The van der Waals surface area contributed by atoms with E-state index < -0.39 is 0 Å². The summed E-state index contributed by atoms with van der Waals surface area (Å²) < 4.78 is 0. The first-order valence-electron chi connectivity index (χ1n) is 8.56. The molecule has 0 aromatic heterocycles. The minimum atomic E-state index is -0.370. The van der Waals surface area contributed by atoms with Gasteiger partial charge in [0.1, 0.15) is 0 Å². The third-order valence-corrected chi connectivity index (χ3v) is 5.39. The molecular weight excluding hydrogens is 300 g/mol. The van der Waals surface area contributed by atoms with Crippen LogP contribution in [-0.4, -0.2) is 24.3 Å². The predicted molar refractivity (Wildman–Crippen MR) is 92.7 cm³/mol. The number of urea groups is 1. The standard InChI is InChI=1S/C20H22N2O2/c23-12-18(13-6-2-1-3-7-13)22-20(24)21-11-17-16-10-14-8-4-5-9-15(14)19(16)17/h1-9,16-19,23H,10-12H2,(H2,21,22,24). The molecule has 2 aromatic carbocycles. The van der Waals surface area contributed by atoms with Crippen LogP contribution in [0.4, 0.5) is 4.79 Å². The normalized spacial score (nSPS) is 24.6. The van der Waals surface area contributed by atoms with Gasteiger partial charge in [-0.15, -0.1) is 0 Å². The molecule has 4 nitrogen and oxygen atoms in total. The van der Waals surface area contributed by atoms with Crippen LogP contribution in [0.15, 0.2) is 54.6 Å². The van der Waals surface area contributed by atoms with Crippen LogP contribution >= 0.6 is 0 Å². The first kappa shape index (κ1) is 15.2. The van der Waals surface area contributed by atoms with Gasteiger partial charge in [0.2, 0.25) is 0 Å². The van der Waals surface area contributed by atoms with Gasteiger partial charge < -0.3 is 15.7 Å². The van der Waals surface area contributed by atoms with Crippen LogP contribution < -0.4 is 10.6 Å². The molecule has 0 radical (unpaired) electrons. The molecule has 124 valence electrons. The molecule has 4 heteroatoms. The van der Waals surface area contributed by atoms with Gasteiger partial charge in [-0.25, -0.2) is 4.79 Å². The van der Waals surface area contributed by atoms with E-state index in [1.807, 2.05) is 30.3 Å². The zero-order valence-electron chi connectivity index (χ0n) is 13.5. The Morgan fingerprint density at radius 1 is 1.12 bits per heavy atom. The maximum Gasteiger partial charge on any atom is 0.315 e. The Balaban J connectivity index is 1.29. The number of aliphatic hydroxyl groups excluding tert-OH is 1. The number of hydrogen-bond acceptors (Lipinski definition) is 2. The van der Waals surface area contributed by atoms with Crippen LogP contribution in [0.3, 0.4) is 0 Å². The molecule has 0 bridgehead atoms. The molecule has 24 heavy (non-hydrogen) atoms. The number of amides is 2. The maximum atomic E-state index is 12.1. The Morgan fingerprint density at radius 3 is 2.67 bits per heavy atom. The molecule has 3 N–H and O–H groups in total. The molecule has 2 aromatic rings. The van der Waals surface area contributed by atoms with Gasteiger partial charge in [-0.2, -0.15) is 0 Å². The average molecular weight is 322 g/mol. The summed E-state index contributed by atoms with van der Waals surface area (Å²) in [4.78, 5) is 12.1. The fourth-order valence-corrected chi connectivity index (χ4v) is 4.10. The maximum absolute atomic E-state index is 12.1. The van der Waals surface area contributed by atoms with E-state index in [9.17, 15) is 9.90 Å². The highest BCUT2D eigenvalue weighted by molar-refractivity contribution is 5.74. The van der Waals surface area contributed by atoms with Crippen molar-refractivity contribution in [2.45, 2.75) is 18.4 Å². The highest BCUT2D eigenvalue weighted by Crippen LogP contribution is 2.60. The van der Waals surface area contributed by atoms with E-state index in [0.29, 0.717) is 24.3 Å². The lowest BCUT2D eigenvalue weighted by atomic mass is 10.0. The monoisotopic (exact) mass is 322 g/mol. The Bertz CT molecular complexity index is 731. The van der Waals surface area contributed by atoms with Crippen molar-refractivity contribution < 1.29 is 9.90 Å². The zero-order valence-corrected chi connectivity index (χ0v) is 13.5. The van der Waals surface area contributed by atoms with Gasteiger partial charge in [0.25, 0.3) is 0 Å². The highest BCUT2D eigenvalue weighted by atomic mass is 16.3. The van der Waals surface area contributed by atoms with Crippen molar-refractivity contribution in [3.63, 3.8) is 0 Å². The van der Waals surface area contributed by atoms with Gasteiger partial charge in [-0.3, -0.25) is 0 Å². The third-order valence-electron chi connectivity index (χ3n) is 5.39. The summed E-state index contributed by atoms with van der Waals surface area (Å²) in [7, 11) is 0. The molecule has 1 saturated carbocycles. The Hall–Kier alpha value is -2.33. The topological polar surface area (TPSA) is 61.4 Å². The van der Waals surface area contributed by atoms with Crippen LogP contribution in [0.5, 0.6) is 0 Å².